The van der Waals surface area contributed by atoms with E-state index in [1.54, 1.807) is 0 Å². The van der Waals surface area contributed by atoms with Gasteiger partial charge in [0.15, 0.2) is 0 Å². The fourth-order valence-corrected chi connectivity index (χ4v) is 15.1. The molecule has 0 unspecified atom stereocenters. The SMILES string of the molecule is c1ccc(-c2ccc(-c3sc4c(c3-c3ccccc3)C3(c5ccccc5-c5ccccc53)c3c-4cccc3N(c3ccc(-c4cccc5c4oc4ccccc45)cc3)c3ccc(-c4cccc5c4oc4ccccc45)cc3)cc2)cc1. The Bertz CT molecular complexity index is 4770. The summed E-state index contributed by atoms with van der Waals surface area (Å²) >= 11 is 1.93. The van der Waals surface area contributed by atoms with E-state index < -0.39 is 5.41 Å². The van der Waals surface area contributed by atoms with Crippen molar-refractivity contribution in [1.29, 1.82) is 0 Å². The number of hydrogen-bond donors (Lipinski definition) is 0. The summed E-state index contributed by atoms with van der Waals surface area (Å²) in [5, 5.41) is 4.47. The van der Waals surface area contributed by atoms with Crippen LogP contribution >= 0.6 is 11.3 Å². The van der Waals surface area contributed by atoms with E-state index in [1.165, 1.54) is 76.5 Å². The van der Waals surface area contributed by atoms with E-state index in [0.717, 1.165) is 83.2 Å². The van der Waals surface area contributed by atoms with Gasteiger partial charge in [-0.2, -0.15) is 0 Å². The number of benzene rings is 12. The van der Waals surface area contributed by atoms with E-state index in [2.05, 4.69) is 278 Å². The molecule has 4 heteroatoms. The molecule has 15 aromatic rings. The number of fused-ring (bicyclic) bond motifs is 16. The minimum absolute atomic E-state index is 0.704. The number of rotatable bonds is 8. The topological polar surface area (TPSA) is 29.5 Å². The molecule has 0 radical (unpaired) electrons. The Hall–Kier alpha value is -10.3. The molecule has 2 aliphatic rings. The zero-order chi connectivity index (χ0) is 53.2. The lowest BCUT2D eigenvalue weighted by molar-refractivity contribution is 0.669. The molecule has 0 fully saturated rings. The zero-order valence-electron chi connectivity index (χ0n) is 43.8. The highest BCUT2D eigenvalue weighted by Gasteiger charge is 2.56. The van der Waals surface area contributed by atoms with Crippen LogP contribution in [0, 0.1) is 0 Å². The lowest BCUT2D eigenvalue weighted by atomic mass is 9.68. The highest BCUT2D eigenvalue weighted by molar-refractivity contribution is 7.20. The van der Waals surface area contributed by atoms with Crippen molar-refractivity contribution < 1.29 is 8.83 Å². The number of nitrogens with zero attached hydrogens (tertiary/aromatic N) is 1. The van der Waals surface area contributed by atoms with Crippen molar-refractivity contribution in [3.63, 3.8) is 0 Å². The zero-order valence-corrected chi connectivity index (χ0v) is 44.6. The van der Waals surface area contributed by atoms with Crippen molar-refractivity contribution in [3.05, 3.63) is 307 Å². The van der Waals surface area contributed by atoms with E-state index in [4.69, 9.17) is 8.83 Å². The van der Waals surface area contributed by atoms with Crippen molar-refractivity contribution in [3.8, 4) is 76.5 Å². The van der Waals surface area contributed by atoms with Gasteiger partial charge in [-0.1, -0.05) is 243 Å². The van der Waals surface area contributed by atoms with E-state index >= 15 is 0 Å². The van der Waals surface area contributed by atoms with Gasteiger partial charge >= 0.3 is 0 Å². The molecule has 0 atom stereocenters. The summed E-state index contributed by atoms with van der Waals surface area (Å²) in [7, 11) is 0. The van der Waals surface area contributed by atoms with Crippen molar-refractivity contribution in [2.75, 3.05) is 4.90 Å². The maximum absolute atomic E-state index is 6.62. The quantitative estimate of drug-likeness (QED) is 0.152. The molecule has 81 heavy (non-hydrogen) atoms. The standard InChI is InChI=1S/C77H47NO2S/c1-3-18-48(19-4-1)49-36-38-53(39-37-49)75-70(52-20-5-2-6-21-52)72-76(81-75)64-30-17-33-67(71(64)77(72)65-31-11-7-22-58(65)59-23-8-12-32-66(59)77)78(54-44-40-50(41-45-54)56-26-15-28-62-60-24-9-13-34-68(60)79-73(56)62)55-46-42-51(43-47-55)57-27-16-29-63-61-25-10-14-35-69(61)80-74(57)63/h1-47H. The van der Waals surface area contributed by atoms with Gasteiger partial charge in [0.25, 0.3) is 0 Å². The fourth-order valence-electron chi connectivity index (χ4n) is 13.7. The van der Waals surface area contributed by atoms with Crippen LogP contribution in [0.4, 0.5) is 17.1 Å². The molecule has 12 aromatic carbocycles. The maximum atomic E-state index is 6.62. The smallest absolute Gasteiger partial charge is 0.143 e. The molecular weight excluding hydrogens is 1000 g/mol. The lowest BCUT2D eigenvalue weighted by Crippen LogP contribution is -2.28. The van der Waals surface area contributed by atoms with Crippen LogP contribution in [0.5, 0.6) is 0 Å². The molecule has 0 saturated carbocycles. The number of anilines is 3. The van der Waals surface area contributed by atoms with Crippen molar-refractivity contribution >= 4 is 72.3 Å². The summed E-state index contributed by atoms with van der Waals surface area (Å²) in [6, 6.07) is 104. The van der Waals surface area contributed by atoms with E-state index in [0.29, 0.717) is 0 Å². The van der Waals surface area contributed by atoms with Crippen LogP contribution in [-0.2, 0) is 5.41 Å². The molecule has 0 saturated heterocycles. The molecule has 0 amide bonds. The third-order valence-electron chi connectivity index (χ3n) is 17.1. The van der Waals surface area contributed by atoms with Gasteiger partial charge < -0.3 is 13.7 Å². The third-order valence-corrected chi connectivity index (χ3v) is 18.4. The Labute approximate surface area is 472 Å². The summed E-state index contributed by atoms with van der Waals surface area (Å²) in [6.07, 6.45) is 0. The molecule has 0 aliphatic heterocycles. The second-order valence-corrected chi connectivity index (χ2v) is 22.4. The number of furan rings is 2. The molecule has 17 rings (SSSR count). The second kappa shape index (κ2) is 17.9. The van der Waals surface area contributed by atoms with Crippen molar-refractivity contribution in [2.24, 2.45) is 0 Å². The molecule has 3 nitrogen and oxygen atoms in total. The van der Waals surface area contributed by atoms with Gasteiger partial charge in [0, 0.05) is 64.9 Å². The average Bonchev–Trinajstić information content (AvgIpc) is 3.13. The number of thiophene rings is 1. The van der Waals surface area contributed by atoms with Crippen LogP contribution in [-0.4, -0.2) is 0 Å². The van der Waals surface area contributed by atoms with Gasteiger partial charge in [0.1, 0.15) is 22.3 Å². The Balaban J connectivity index is 0.913. The first kappa shape index (κ1) is 45.7. The molecule has 3 heterocycles. The molecule has 0 N–H and O–H groups in total. The second-order valence-electron chi connectivity index (χ2n) is 21.4. The Morgan fingerprint density at radius 3 is 1.27 bits per heavy atom. The number of para-hydroxylation sites is 4. The summed E-state index contributed by atoms with van der Waals surface area (Å²) in [4.78, 5) is 5.07. The Kier molecular flexibility index (Phi) is 10.1. The highest BCUT2D eigenvalue weighted by atomic mass is 32.1. The molecule has 3 aromatic heterocycles. The van der Waals surface area contributed by atoms with Crippen molar-refractivity contribution in [1.82, 2.24) is 0 Å². The molecule has 1 spiro atoms. The molecule has 378 valence electrons. The first-order valence-corrected chi connectivity index (χ1v) is 28.5. The van der Waals surface area contributed by atoms with Crippen LogP contribution in [0.1, 0.15) is 22.3 Å². The largest absolute Gasteiger partial charge is 0.455 e. The molecular formula is C77H47NO2S. The lowest BCUT2D eigenvalue weighted by Gasteiger charge is -2.36. The fraction of sp³-hybridized carbons (Fsp3) is 0.0130. The minimum atomic E-state index is -0.704. The van der Waals surface area contributed by atoms with Crippen LogP contribution in [0.25, 0.3) is 120 Å². The molecule has 0 bridgehead atoms. The molecule has 2 aliphatic carbocycles. The van der Waals surface area contributed by atoms with E-state index in [9.17, 15) is 0 Å². The van der Waals surface area contributed by atoms with Crippen LogP contribution in [0.3, 0.4) is 0 Å². The Morgan fingerprint density at radius 2 is 0.704 bits per heavy atom. The van der Waals surface area contributed by atoms with Gasteiger partial charge in [-0.25, -0.2) is 0 Å². The van der Waals surface area contributed by atoms with E-state index in [1.807, 2.05) is 23.5 Å². The Morgan fingerprint density at radius 1 is 0.284 bits per heavy atom. The summed E-state index contributed by atoms with van der Waals surface area (Å²) in [5.41, 5.74) is 25.5. The predicted molar refractivity (Wildman–Crippen MR) is 337 cm³/mol. The maximum Gasteiger partial charge on any atom is 0.143 e. The van der Waals surface area contributed by atoms with Crippen LogP contribution in [0.2, 0.25) is 0 Å². The normalized spacial score (nSPS) is 12.8. The van der Waals surface area contributed by atoms with Crippen LogP contribution in [0.15, 0.2) is 294 Å². The first-order chi connectivity index (χ1) is 40.2. The third kappa shape index (κ3) is 6.75. The number of hydrogen-bond acceptors (Lipinski definition) is 4. The predicted octanol–water partition coefficient (Wildman–Crippen LogP) is 21.7. The van der Waals surface area contributed by atoms with Gasteiger partial charge in [-0.05, 0) is 109 Å². The van der Waals surface area contributed by atoms with Crippen LogP contribution < -0.4 is 4.90 Å². The van der Waals surface area contributed by atoms with Gasteiger partial charge in [0.05, 0.1) is 11.1 Å². The minimum Gasteiger partial charge on any atom is -0.455 e. The monoisotopic (exact) mass is 1050 g/mol. The summed E-state index contributed by atoms with van der Waals surface area (Å²) in [6.45, 7) is 0. The van der Waals surface area contributed by atoms with E-state index in [-0.39, 0.29) is 0 Å². The summed E-state index contributed by atoms with van der Waals surface area (Å²) in [5.74, 6) is 0. The van der Waals surface area contributed by atoms with Gasteiger partial charge in [0.2, 0.25) is 0 Å². The first-order valence-electron chi connectivity index (χ1n) is 27.7. The average molecular weight is 1050 g/mol. The van der Waals surface area contributed by atoms with Gasteiger partial charge in [-0.3, -0.25) is 0 Å². The summed E-state index contributed by atoms with van der Waals surface area (Å²) < 4.78 is 13.2. The highest BCUT2D eigenvalue weighted by Crippen LogP contribution is 2.70. The van der Waals surface area contributed by atoms with Crippen molar-refractivity contribution in [2.45, 2.75) is 5.41 Å². The van der Waals surface area contributed by atoms with Gasteiger partial charge in [-0.15, -0.1) is 11.3 Å².